The van der Waals surface area contributed by atoms with E-state index >= 15 is 0 Å². The van der Waals surface area contributed by atoms with Gasteiger partial charge in [-0.3, -0.25) is 0 Å². The number of ether oxygens (including phenoxy) is 1. The second kappa shape index (κ2) is 4.18. The Morgan fingerprint density at radius 1 is 1.54 bits per heavy atom. The molecule has 0 heterocycles. The van der Waals surface area contributed by atoms with Gasteiger partial charge < -0.3 is 4.74 Å². The maximum absolute atomic E-state index is 12.6. The Hall–Kier alpha value is -0.440. The van der Waals surface area contributed by atoms with E-state index in [9.17, 15) is 13.6 Å². The largest absolute Gasteiger partial charge is 0.457 e. The summed E-state index contributed by atoms with van der Waals surface area (Å²) in [7, 11) is 0. The molecule has 0 aromatic carbocycles. The number of carbonyl (C=O) groups is 1. The zero-order valence-corrected chi connectivity index (χ0v) is 7.05. The minimum Gasteiger partial charge on any atom is -0.457 e. The van der Waals surface area contributed by atoms with Gasteiger partial charge in [0.15, 0.2) is 0 Å². The molecule has 1 aliphatic rings. The summed E-state index contributed by atoms with van der Waals surface area (Å²) in [5.41, 5.74) is 0. The quantitative estimate of drug-likeness (QED) is 0.324. The van der Waals surface area contributed by atoms with Crippen molar-refractivity contribution in [2.24, 2.45) is 0 Å². The summed E-state index contributed by atoms with van der Waals surface area (Å²) in [6, 6.07) is 0. The molecular formula is C5H6F2O5S. The zero-order valence-electron chi connectivity index (χ0n) is 6.24. The molecule has 0 aliphatic heterocycles. The van der Waals surface area contributed by atoms with E-state index in [2.05, 4.69) is 14.1 Å². The van der Waals surface area contributed by atoms with Crippen molar-refractivity contribution in [1.82, 2.24) is 0 Å². The molecular weight excluding hydrogens is 210 g/mol. The van der Waals surface area contributed by atoms with Crippen LogP contribution in [0, 0.1) is 0 Å². The van der Waals surface area contributed by atoms with Gasteiger partial charge in [0.25, 0.3) is 0 Å². The topological polar surface area (TPSA) is 65.0 Å². The molecule has 0 radical (unpaired) electrons. The fourth-order valence-electron chi connectivity index (χ4n) is 0.498. The molecule has 0 amide bonds. The van der Waals surface area contributed by atoms with Gasteiger partial charge >= 0.3 is 11.2 Å². The van der Waals surface area contributed by atoms with Gasteiger partial charge in [0.1, 0.15) is 18.1 Å². The Morgan fingerprint density at radius 3 is 2.62 bits per heavy atom. The Morgan fingerprint density at radius 2 is 2.15 bits per heavy atom. The van der Waals surface area contributed by atoms with Crippen molar-refractivity contribution >= 4 is 18.0 Å². The molecule has 0 aromatic heterocycles. The van der Waals surface area contributed by atoms with Gasteiger partial charge in [-0.15, -0.1) is 4.33 Å². The van der Waals surface area contributed by atoms with Crippen LogP contribution in [0.1, 0.15) is 12.8 Å². The van der Waals surface area contributed by atoms with Crippen LogP contribution in [0.3, 0.4) is 0 Å². The number of esters is 1. The highest BCUT2D eigenvalue weighted by molar-refractivity contribution is 7.96. The molecule has 0 unspecified atom stereocenters. The molecule has 1 saturated carbocycles. The van der Waals surface area contributed by atoms with E-state index in [1.807, 2.05) is 0 Å². The van der Waals surface area contributed by atoms with Crippen LogP contribution < -0.4 is 0 Å². The van der Waals surface area contributed by atoms with Gasteiger partial charge in [0.2, 0.25) is 0 Å². The van der Waals surface area contributed by atoms with E-state index in [1.165, 1.54) is 0 Å². The molecule has 8 heteroatoms. The van der Waals surface area contributed by atoms with Crippen LogP contribution in [0.15, 0.2) is 0 Å². The van der Waals surface area contributed by atoms with E-state index in [1.54, 1.807) is 0 Å². The Kier molecular flexibility index (Phi) is 3.42. The third-order valence-corrected chi connectivity index (χ3v) is 1.71. The predicted molar refractivity (Wildman–Crippen MR) is 36.5 cm³/mol. The van der Waals surface area contributed by atoms with Crippen LogP contribution in [0.4, 0.5) is 8.78 Å². The minimum absolute atomic E-state index is 0.408. The molecule has 1 aliphatic carbocycles. The summed E-state index contributed by atoms with van der Waals surface area (Å²) in [5.74, 6) is -1.70. The van der Waals surface area contributed by atoms with Gasteiger partial charge in [-0.05, 0) is 12.8 Å². The van der Waals surface area contributed by atoms with Crippen LogP contribution in [0.5, 0.6) is 0 Å². The average molecular weight is 216 g/mol. The summed E-state index contributed by atoms with van der Waals surface area (Å²) in [4.78, 5) is 10.6. The van der Waals surface area contributed by atoms with Crippen molar-refractivity contribution < 1.29 is 32.9 Å². The van der Waals surface area contributed by atoms with Crippen molar-refractivity contribution in [2.45, 2.75) is 24.2 Å². The van der Waals surface area contributed by atoms with Crippen molar-refractivity contribution in [3.63, 3.8) is 0 Å². The van der Waals surface area contributed by atoms with Crippen LogP contribution in [-0.4, -0.2) is 22.6 Å². The van der Waals surface area contributed by atoms with E-state index < -0.39 is 29.4 Å². The smallest absolute Gasteiger partial charge is 0.415 e. The number of hydrogen-bond donors (Lipinski definition) is 1. The second-order valence-corrected chi connectivity index (χ2v) is 3.16. The van der Waals surface area contributed by atoms with Gasteiger partial charge in [-0.25, -0.2) is 10.1 Å². The first kappa shape index (κ1) is 10.6. The summed E-state index contributed by atoms with van der Waals surface area (Å²) >= 11 is -0.624. The lowest BCUT2D eigenvalue weighted by Gasteiger charge is -2.11. The van der Waals surface area contributed by atoms with Crippen LogP contribution >= 0.6 is 12.0 Å². The third-order valence-electron chi connectivity index (χ3n) is 1.20. The van der Waals surface area contributed by atoms with E-state index in [4.69, 9.17) is 5.26 Å². The Labute approximate surface area is 76.0 Å². The lowest BCUT2D eigenvalue weighted by Crippen LogP contribution is -2.28. The zero-order chi connectivity index (χ0) is 9.90. The highest BCUT2D eigenvalue weighted by Gasteiger charge is 2.46. The first-order valence-corrected chi connectivity index (χ1v) is 4.05. The van der Waals surface area contributed by atoms with Crippen LogP contribution in [0.2, 0.25) is 0 Å². The molecule has 0 spiro atoms. The van der Waals surface area contributed by atoms with E-state index in [0.717, 1.165) is 0 Å². The Balaban J connectivity index is 2.31. The van der Waals surface area contributed by atoms with Gasteiger partial charge in [-0.1, -0.05) is 5.04 Å². The average Bonchev–Trinajstić information content (AvgIpc) is 2.84. The van der Waals surface area contributed by atoms with Gasteiger partial charge in [-0.2, -0.15) is 8.78 Å². The maximum atomic E-state index is 12.6. The van der Waals surface area contributed by atoms with Crippen molar-refractivity contribution in [2.75, 3.05) is 0 Å². The molecule has 13 heavy (non-hydrogen) atoms. The molecule has 5 nitrogen and oxygen atoms in total. The first-order chi connectivity index (χ1) is 6.06. The molecule has 0 aromatic rings. The SMILES string of the molecule is O=C(OC1CC1)C(F)(F)SOOO. The fourth-order valence-corrected chi connectivity index (χ4v) is 0.730. The molecule has 1 rings (SSSR count). The number of rotatable bonds is 5. The lowest BCUT2D eigenvalue weighted by molar-refractivity contribution is -0.433. The third kappa shape index (κ3) is 3.43. The number of alkyl halides is 2. The number of carbonyl (C=O) groups excluding carboxylic acids is 1. The highest BCUT2D eigenvalue weighted by atomic mass is 32.2. The van der Waals surface area contributed by atoms with E-state index in [-0.39, 0.29) is 0 Å². The van der Waals surface area contributed by atoms with Crippen molar-refractivity contribution in [3.8, 4) is 0 Å². The molecule has 0 atom stereocenters. The molecule has 1 N–H and O–H groups in total. The predicted octanol–water partition coefficient (Wildman–Crippen LogP) is 1.35. The second-order valence-electron chi connectivity index (χ2n) is 2.35. The molecule has 0 saturated heterocycles. The summed E-state index contributed by atoms with van der Waals surface area (Å²) in [6.45, 7) is 0. The summed E-state index contributed by atoms with van der Waals surface area (Å²) in [6.07, 6.45) is 0.794. The van der Waals surface area contributed by atoms with Crippen LogP contribution in [0.25, 0.3) is 0 Å². The van der Waals surface area contributed by atoms with Gasteiger partial charge in [0.05, 0.1) is 0 Å². The summed E-state index contributed by atoms with van der Waals surface area (Å²) in [5, 5.41) is 6.63. The van der Waals surface area contributed by atoms with Gasteiger partial charge in [0, 0.05) is 0 Å². The summed E-state index contributed by atoms with van der Waals surface area (Å²) < 4.78 is 32.9. The highest BCUT2D eigenvalue weighted by Crippen LogP contribution is 2.34. The monoisotopic (exact) mass is 216 g/mol. The number of hydrogen-bond acceptors (Lipinski definition) is 6. The standard InChI is InChI=1S/C5H6F2O5S/c6-5(7,13-12-11-9)4(8)10-3-1-2-3/h3,9H,1-2H2. The molecule has 1 fully saturated rings. The van der Waals surface area contributed by atoms with E-state index in [0.29, 0.717) is 12.8 Å². The normalized spacial score (nSPS) is 17.2. The lowest BCUT2D eigenvalue weighted by atomic mass is 10.7. The minimum atomic E-state index is -3.87. The van der Waals surface area contributed by atoms with Crippen LogP contribution in [-0.2, 0) is 18.9 Å². The molecule has 76 valence electrons. The van der Waals surface area contributed by atoms with Crippen molar-refractivity contribution in [1.29, 1.82) is 0 Å². The Bertz CT molecular complexity index is 195. The number of halogens is 2. The maximum Gasteiger partial charge on any atom is 0.415 e. The fraction of sp³-hybridized carbons (Fsp3) is 0.800. The molecule has 0 bridgehead atoms. The van der Waals surface area contributed by atoms with Crippen molar-refractivity contribution in [3.05, 3.63) is 0 Å². The first-order valence-electron chi connectivity index (χ1n) is 3.31.